The maximum atomic E-state index is 14.8. The summed E-state index contributed by atoms with van der Waals surface area (Å²) in [6.45, 7) is 8.86. The van der Waals surface area contributed by atoms with E-state index in [1.165, 1.54) is 4.90 Å². The number of primary amides is 1. The number of sulfonamides is 1. The van der Waals surface area contributed by atoms with E-state index in [9.17, 15) is 36.4 Å². The molecule has 69 heavy (non-hydrogen) atoms. The molecule has 16 nitrogen and oxygen atoms in total. The van der Waals surface area contributed by atoms with Gasteiger partial charge in [0, 0.05) is 30.2 Å². The normalized spacial score (nSPS) is 22.4. The van der Waals surface area contributed by atoms with Crippen molar-refractivity contribution >= 4 is 44.6 Å². The molecule has 4 aliphatic rings. The first kappa shape index (κ1) is 51.1. The van der Waals surface area contributed by atoms with Crippen molar-refractivity contribution in [1.29, 1.82) is 0 Å². The zero-order chi connectivity index (χ0) is 50.1. The number of nitrogens with two attached hydrogens (primary N) is 1. The molecule has 1 aromatic heterocycles. The average Bonchev–Trinajstić information content (AvgIpc) is 3.66. The summed E-state index contributed by atoms with van der Waals surface area (Å²) in [6, 6.07) is 10.3. The summed E-state index contributed by atoms with van der Waals surface area (Å²) in [6.07, 6.45) is 6.81. The smallest absolute Gasteiger partial charge is 0.408 e. The van der Waals surface area contributed by atoms with Crippen LogP contribution in [0.15, 0.2) is 54.6 Å². The number of rotatable bonds is 19. The molecule has 1 saturated heterocycles. The Morgan fingerprint density at radius 3 is 2.43 bits per heavy atom. The zero-order valence-corrected chi connectivity index (χ0v) is 41.2. The minimum atomic E-state index is -3.74. The van der Waals surface area contributed by atoms with E-state index in [4.69, 9.17) is 34.4 Å². The van der Waals surface area contributed by atoms with Crippen LogP contribution in [0.3, 0.4) is 0 Å². The number of hydrogen-bond donors (Lipinski definition) is 3. The van der Waals surface area contributed by atoms with Gasteiger partial charge in [0.2, 0.25) is 33.6 Å². The van der Waals surface area contributed by atoms with Crippen LogP contribution in [-0.2, 0) is 29.1 Å². The topological polar surface area (TPSA) is 215 Å². The number of carbonyl (C=O) groups is 4. The number of alkyl halides is 2. The van der Waals surface area contributed by atoms with Gasteiger partial charge < -0.3 is 39.6 Å². The van der Waals surface area contributed by atoms with Crippen LogP contribution < -0.4 is 34.7 Å². The molecule has 19 heteroatoms. The highest BCUT2D eigenvalue weighted by Crippen LogP contribution is 2.43. The van der Waals surface area contributed by atoms with Crippen LogP contribution in [0, 0.1) is 23.7 Å². The second kappa shape index (κ2) is 20.3. The molecule has 7 atom stereocenters. The lowest BCUT2D eigenvalue weighted by atomic mass is 9.87. The number of nitrogens with zero attached hydrogens (tertiary/aromatic N) is 2. The number of pyridine rings is 1. The van der Waals surface area contributed by atoms with E-state index in [0.717, 1.165) is 37.6 Å². The van der Waals surface area contributed by atoms with Gasteiger partial charge >= 0.3 is 6.09 Å². The molecule has 2 aromatic carbocycles. The van der Waals surface area contributed by atoms with Gasteiger partial charge in [0.25, 0.3) is 5.92 Å². The lowest BCUT2D eigenvalue weighted by Crippen LogP contribution is -2.56. The molecule has 4 amide bonds. The monoisotopic (exact) mass is 981 g/mol. The summed E-state index contributed by atoms with van der Waals surface area (Å²) < 4.78 is 84.8. The Hall–Kier alpha value is -5.72. The number of likely N-dealkylation sites (tertiary alicyclic amines) is 1. The van der Waals surface area contributed by atoms with Crippen molar-refractivity contribution in [3.8, 4) is 34.4 Å². The van der Waals surface area contributed by atoms with E-state index in [-0.39, 0.29) is 30.7 Å². The van der Waals surface area contributed by atoms with E-state index in [0.29, 0.717) is 87.0 Å². The fourth-order valence-corrected chi connectivity index (χ4v) is 10.6. The molecule has 7 rings (SSSR count). The van der Waals surface area contributed by atoms with Gasteiger partial charge in [0.15, 0.2) is 17.1 Å². The van der Waals surface area contributed by atoms with Crippen LogP contribution in [0.2, 0.25) is 0 Å². The number of methoxy groups -OCH3 is 1. The van der Waals surface area contributed by atoms with Crippen molar-refractivity contribution in [2.24, 2.45) is 29.4 Å². The van der Waals surface area contributed by atoms with Crippen LogP contribution in [0.25, 0.3) is 22.0 Å². The Labute approximate surface area is 402 Å². The lowest BCUT2D eigenvalue weighted by Gasteiger charge is -2.34. The molecule has 376 valence electrons. The van der Waals surface area contributed by atoms with Crippen molar-refractivity contribution in [3.63, 3.8) is 0 Å². The highest BCUT2D eigenvalue weighted by atomic mass is 32.2. The number of amides is 4. The Morgan fingerprint density at radius 2 is 1.75 bits per heavy atom. The molecule has 3 heterocycles. The predicted octanol–water partition coefficient (Wildman–Crippen LogP) is 7.46. The molecule has 0 bridgehead atoms. The van der Waals surface area contributed by atoms with E-state index >= 15 is 0 Å². The summed E-state index contributed by atoms with van der Waals surface area (Å²) in [5.74, 6) is -4.53. The summed E-state index contributed by atoms with van der Waals surface area (Å²) in [5, 5.41) is 3.94. The molecular formula is C50H65F2N5O11S. The van der Waals surface area contributed by atoms with Gasteiger partial charge in [0.05, 0.1) is 24.1 Å². The summed E-state index contributed by atoms with van der Waals surface area (Å²) in [4.78, 5) is 60.5. The van der Waals surface area contributed by atoms with Crippen molar-refractivity contribution in [2.75, 3.05) is 26.9 Å². The van der Waals surface area contributed by atoms with E-state index in [1.54, 1.807) is 39.2 Å². The predicted molar refractivity (Wildman–Crippen MR) is 253 cm³/mol. The van der Waals surface area contributed by atoms with Gasteiger partial charge in [0.1, 0.15) is 37.2 Å². The third-order valence-corrected chi connectivity index (χ3v) is 16.4. The number of aromatic nitrogens is 1. The molecule has 3 fully saturated rings. The molecule has 2 saturated carbocycles. The molecule has 2 aliphatic carbocycles. The SMILES string of the molecule is COc1ccc2c(O[C@@H]3C[C@@H](C(N)=O)N(C(=O)[C@@H](NC(=O)OC(C)(C)C(C)(F)F)[C@H](C)C[C@@H](C)CC/C=C\[C@@H]4CCCC4C(=O)NS(=O)(=O)C4(C)CC4)C3)nc(-c3ccc4c(c3)OCCO4)cc2c1. The number of benzene rings is 2. The van der Waals surface area contributed by atoms with Gasteiger partial charge in [-0.25, -0.2) is 27.0 Å². The molecule has 3 aromatic rings. The molecule has 4 N–H and O–H groups in total. The number of fused-ring (bicyclic) bond motifs is 2. The van der Waals surface area contributed by atoms with Crippen LogP contribution in [0.1, 0.15) is 99.3 Å². The quantitative estimate of drug-likeness (QED) is 0.0999. The highest BCUT2D eigenvalue weighted by molar-refractivity contribution is 7.91. The van der Waals surface area contributed by atoms with Crippen molar-refractivity contribution in [3.05, 3.63) is 54.6 Å². The zero-order valence-electron chi connectivity index (χ0n) is 40.3. The van der Waals surface area contributed by atoms with Crippen molar-refractivity contribution in [1.82, 2.24) is 19.9 Å². The average molecular weight is 982 g/mol. The number of hydrogen-bond acceptors (Lipinski definition) is 12. The maximum absolute atomic E-state index is 14.8. The first-order chi connectivity index (χ1) is 32.5. The molecule has 1 unspecified atom stereocenters. The molecule has 0 spiro atoms. The Bertz CT molecular complexity index is 2560. The Balaban J connectivity index is 1.07. The van der Waals surface area contributed by atoms with E-state index < -0.39 is 80.1 Å². The van der Waals surface area contributed by atoms with E-state index in [2.05, 4.69) is 10.0 Å². The number of ether oxygens (including phenoxy) is 5. The number of carbonyl (C=O) groups excluding carboxylic acids is 4. The number of nitrogens with one attached hydrogen (secondary N) is 2. The number of allylic oxidation sites excluding steroid dienone is 2. The first-order valence-corrected chi connectivity index (χ1v) is 25.2. The third-order valence-electron chi connectivity index (χ3n) is 14.2. The maximum Gasteiger partial charge on any atom is 0.408 e. The van der Waals surface area contributed by atoms with Crippen LogP contribution in [0.4, 0.5) is 13.6 Å². The number of halogens is 2. The highest BCUT2D eigenvalue weighted by Gasteiger charge is 2.52. The minimum Gasteiger partial charge on any atom is -0.497 e. The van der Waals surface area contributed by atoms with E-state index in [1.807, 2.05) is 43.3 Å². The van der Waals surface area contributed by atoms with Gasteiger partial charge in [-0.2, -0.15) is 0 Å². The van der Waals surface area contributed by atoms with Crippen molar-refractivity contribution < 1.29 is 60.1 Å². The minimum absolute atomic E-state index is 0.00324. The number of alkyl carbamates (subject to hydrolysis) is 1. The molecule has 0 radical (unpaired) electrons. The first-order valence-electron chi connectivity index (χ1n) is 23.7. The lowest BCUT2D eigenvalue weighted by molar-refractivity contribution is -0.151. The summed E-state index contributed by atoms with van der Waals surface area (Å²) in [7, 11) is -2.18. The second-order valence-electron chi connectivity index (χ2n) is 20.0. The fourth-order valence-electron chi connectivity index (χ4n) is 9.29. The largest absolute Gasteiger partial charge is 0.497 e. The van der Waals surface area contributed by atoms with Gasteiger partial charge in [-0.15, -0.1) is 0 Å². The molecular weight excluding hydrogens is 917 g/mol. The second-order valence-corrected chi connectivity index (χ2v) is 22.2. The van der Waals surface area contributed by atoms with Crippen LogP contribution >= 0.6 is 0 Å². The Kier molecular flexibility index (Phi) is 15.1. The van der Waals surface area contributed by atoms with Crippen molar-refractivity contribution in [2.45, 2.75) is 134 Å². The third kappa shape index (κ3) is 11.7. The summed E-state index contributed by atoms with van der Waals surface area (Å²) >= 11 is 0. The van der Waals surface area contributed by atoms with Gasteiger partial charge in [-0.3, -0.25) is 19.1 Å². The standard InChI is InChI=1S/C50H65F2N5O11S/c1-29(11-8-9-12-31-13-10-14-36(31)44(59)56-69(62,63)49(5)19-20-49)23-30(2)42(55-47(61)68-48(3,4)50(6,51)52)46(60)57-28-35(27-39(57)43(53)58)67-45-37-17-16-34(64-7)24-33(37)25-38(54-45)32-15-18-40-41(26-32)66-22-21-65-40/h9,12,15-18,24-26,29-31,35-36,39,42H,8,10-11,13-14,19-23,27-28H2,1-7H3,(H2,53,58)(H,55,61)(H,56,59)/b12-9-/t29-,30+,31+,35+,36?,39-,42-/m0/s1. The fraction of sp³-hybridized carbons (Fsp3) is 0.580. The molecule has 2 aliphatic heterocycles. The Morgan fingerprint density at radius 1 is 1.03 bits per heavy atom. The van der Waals surface area contributed by atoms with Gasteiger partial charge in [-0.1, -0.05) is 32.4 Å². The van der Waals surface area contributed by atoms with Crippen LogP contribution in [-0.4, -0.2) is 103 Å². The van der Waals surface area contributed by atoms with Crippen LogP contribution in [0.5, 0.6) is 23.1 Å². The van der Waals surface area contributed by atoms with Gasteiger partial charge in [-0.05, 0) is 131 Å². The summed E-state index contributed by atoms with van der Waals surface area (Å²) in [5.41, 5.74) is 4.98.